The Morgan fingerprint density at radius 3 is 2.39 bits per heavy atom. The predicted molar refractivity (Wildman–Crippen MR) is 79.2 cm³/mol. The molecule has 0 aromatic heterocycles. The Balaban J connectivity index is 2.33. The molecule has 0 spiro atoms. The minimum Gasteiger partial charge on any atom is -0.370 e. The van der Waals surface area contributed by atoms with Crippen molar-refractivity contribution in [1.29, 1.82) is 0 Å². The number of guanidine groups is 1. The maximum Gasteiger partial charge on any atom is 0.191 e. The van der Waals surface area contributed by atoms with E-state index >= 15 is 0 Å². The van der Waals surface area contributed by atoms with E-state index in [1.807, 2.05) is 12.1 Å². The number of benzene rings is 1. The third kappa shape index (κ3) is 4.96. The molecule has 1 aromatic rings. The van der Waals surface area contributed by atoms with Crippen LogP contribution in [0.3, 0.4) is 0 Å². The van der Waals surface area contributed by atoms with E-state index in [0.717, 1.165) is 37.5 Å². The van der Waals surface area contributed by atoms with E-state index in [-0.39, 0.29) is 0 Å². The molecule has 1 aromatic carbocycles. The molecule has 1 rings (SSSR count). The van der Waals surface area contributed by atoms with E-state index in [9.17, 15) is 0 Å². The van der Waals surface area contributed by atoms with Crippen LogP contribution < -0.4 is 5.73 Å². The Kier molecular flexibility index (Phi) is 6.58. The minimum atomic E-state index is 0.649. The van der Waals surface area contributed by atoms with E-state index in [1.165, 1.54) is 5.56 Å². The number of halogens is 1. The van der Waals surface area contributed by atoms with Crippen LogP contribution in [0.2, 0.25) is 5.02 Å². The van der Waals surface area contributed by atoms with Crippen molar-refractivity contribution in [2.45, 2.75) is 26.7 Å². The maximum absolute atomic E-state index is 5.90. The second-order valence-electron chi connectivity index (χ2n) is 4.14. The highest BCUT2D eigenvalue weighted by atomic mass is 35.5. The molecular weight excluding hydrogens is 246 g/mol. The van der Waals surface area contributed by atoms with Gasteiger partial charge in [-0.2, -0.15) is 0 Å². The molecule has 2 N–H and O–H groups in total. The van der Waals surface area contributed by atoms with Crippen molar-refractivity contribution in [3.8, 4) is 0 Å². The van der Waals surface area contributed by atoms with Crippen LogP contribution in [0, 0.1) is 0 Å². The Morgan fingerprint density at radius 1 is 1.22 bits per heavy atom. The molecule has 0 saturated carbocycles. The van der Waals surface area contributed by atoms with E-state index in [0.29, 0.717) is 5.96 Å². The Morgan fingerprint density at radius 2 is 1.83 bits per heavy atom. The minimum absolute atomic E-state index is 0.649. The van der Waals surface area contributed by atoms with Crippen LogP contribution in [0.25, 0.3) is 0 Å². The molecule has 100 valence electrons. The first-order valence-electron chi connectivity index (χ1n) is 6.46. The second kappa shape index (κ2) is 7.98. The normalized spacial score (nSPS) is 11.6. The highest BCUT2D eigenvalue weighted by Gasteiger charge is 2.01. The zero-order valence-electron chi connectivity index (χ0n) is 11.2. The monoisotopic (exact) mass is 267 g/mol. The summed E-state index contributed by atoms with van der Waals surface area (Å²) in [7, 11) is 0. The third-order valence-electron chi connectivity index (χ3n) is 2.90. The van der Waals surface area contributed by atoms with E-state index in [1.54, 1.807) is 0 Å². The quantitative estimate of drug-likeness (QED) is 0.489. The summed E-state index contributed by atoms with van der Waals surface area (Å²) in [5.74, 6) is 0.649. The van der Waals surface area contributed by atoms with Crippen molar-refractivity contribution in [1.82, 2.24) is 4.90 Å². The first-order chi connectivity index (χ1) is 8.67. The number of aliphatic imine (C=N–C) groups is 1. The highest BCUT2D eigenvalue weighted by molar-refractivity contribution is 6.30. The van der Waals surface area contributed by atoms with Crippen molar-refractivity contribution in [2.24, 2.45) is 10.7 Å². The van der Waals surface area contributed by atoms with Gasteiger partial charge in [0, 0.05) is 24.7 Å². The summed E-state index contributed by atoms with van der Waals surface area (Å²) >= 11 is 5.84. The second-order valence-corrected chi connectivity index (χ2v) is 4.58. The summed E-state index contributed by atoms with van der Waals surface area (Å²) in [6.07, 6.45) is 2.01. The van der Waals surface area contributed by atoms with Crippen LogP contribution in [0.4, 0.5) is 0 Å². The van der Waals surface area contributed by atoms with Crippen LogP contribution >= 0.6 is 11.6 Å². The van der Waals surface area contributed by atoms with Gasteiger partial charge in [0.15, 0.2) is 5.96 Å². The van der Waals surface area contributed by atoms with Gasteiger partial charge >= 0.3 is 0 Å². The summed E-state index contributed by atoms with van der Waals surface area (Å²) in [4.78, 5) is 6.45. The van der Waals surface area contributed by atoms with Gasteiger partial charge in [-0.15, -0.1) is 0 Å². The average Bonchev–Trinajstić information content (AvgIpc) is 2.38. The lowest BCUT2D eigenvalue weighted by molar-refractivity contribution is 0.458. The molecule has 0 saturated heterocycles. The fourth-order valence-electron chi connectivity index (χ4n) is 1.78. The highest BCUT2D eigenvalue weighted by Crippen LogP contribution is 2.10. The topological polar surface area (TPSA) is 41.6 Å². The molecule has 18 heavy (non-hydrogen) atoms. The molecule has 4 heteroatoms. The van der Waals surface area contributed by atoms with Gasteiger partial charge in [-0.1, -0.05) is 23.7 Å². The van der Waals surface area contributed by atoms with Crippen LogP contribution in [0.5, 0.6) is 0 Å². The van der Waals surface area contributed by atoms with Crippen molar-refractivity contribution < 1.29 is 0 Å². The molecule has 0 radical (unpaired) electrons. The molecule has 0 aliphatic rings. The number of rotatable bonds is 6. The standard InChI is InChI=1S/C14H22ClN3/c1-3-18(4-2)14(16)17-11-5-6-12-7-9-13(15)10-8-12/h7-10H,3-6,11H2,1-2H3,(H2,16,17). The summed E-state index contributed by atoms with van der Waals surface area (Å²) in [6, 6.07) is 7.95. The lowest BCUT2D eigenvalue weighted by Crippen LogP contribution is -2.37. The van der Waals surface area contributed by atoms with Gasteiger partial charge < -0.3 is 10.6 Å². The van der Waals surface area contributed by atoms with Crippen molar-refractivity contribution in [3.05, 3.63) is 34.9 Å². The molecule has 0 bridgehead atoms. The molecule has 0 unspecified atom stereocenters. The van der Waals surface area contributed by atoms with Crippen molar-refractivity contribution in [2.75, 3.05) is 19.6 Å². The summed E-state index contributed by atoms with van der Waals surface area (Å²) in [5, 5.41) is 0.780. The van der Waals surface area contributed by atoms with Gasteiger partial charge in [0.25, 0.3) is 0 Å². The van der Waals surface area contributed by atoms with Gasteiger partial charge in [0.05, 0.1) is 0 Å². The summed E-state index contributed by atoms with van der Waals surface area (Å²) < 4.78 is 0. The fourth-order valence-corrected chi connectivity index (χ4v) is 1.90. The van der Waals surface area contributed by atoms with Crippen LogP contribution in [-0.2, 0) is 6.42 Å². The van der Waals surface area contributed by atoms with Crippen molar-refractivity contribution in [3.63, 3.8) is 0 Å². The first-order valence-corrected chi connectivity index (χ1v) is 6.84. The Hall–Kier alpha value is -1.22. The summed E-state index contributed by atoms with van der Waals surface area (Å²) in [5.41, 5.74) is 7.18. The molecular formula is C14H22ClN3. The predicted octanol–water partition coefficient (Wildman–Crippen LogP) is 2.93. The molecule has 0 heterocycles. The first kappa shape index (κ1) is 14.8. The van der Waals surface area contributed by atoms with Crippen LogP contribution in [0.15, 0.2) is 29.3 Å². The Labute approximate surface area is 115 Å². The van der Waals surface area contributed by atoms with Gasteiger partial charge in [0.2, 0.25) is 0 Å². The lowest BCUT2D eigenvalue weighted by Gasteiger charge is -2.19. The smallest absolute Gasteiger partial charge is 0.191 e. The zero-order valence-corrected chi connectivity index (χ0v) is 12.0. The number of hydrogen-bond acceptors (Lipinski definition) is 1. The van der Waals surface area contributed by atoms with E-state index < -0.39 is 0 Å². The molecule has 3 nitrogen and oxygen atoms in total. The van der Waals surface area contributed by atoms with Gasteiger partial charge in [-0.05, 0) is 44.4 Å². The maximum atomic E-state index is 5.90. The molecule has 0 amide bonds. The van der Waals surface area contributed by atoms with E-state index in [4.69, 9.17) is 17.3 Å². The summed E-state index contributed by atoms with van der Waals surface area (Å²) in [6.45, 7) is 6.75. The van der Waals surface area contributed by atoms with E-state index in [2.05, 4.69) is 35.9 Å². The number of aryl methyl sites for hydroxylation is 1. The van der Waals surface area contributed by atoms with Gasteiger partial charge in [-0.3, -0.25) is 4.99 Å². The third-order valence-corrected chi connectivity index (χ3v) is 3.15. The van der Waals surface area contributed by atoms with Gasteiger partial charge in [0.1, 0.15) is 0 Å². The van der Waals surface area contributed by atoms with Gasteiger partial charge in [-0.25, -0.2) is 0 Å². The number of nitrogens with zero attached hydrogens (tertiary/aromatic N) is 2. The zero-order chi connectivity index (χ0) is 13.4. The average molecular weight is 268 g/mol. The van der Waals surface area contributed by atoms with Crippen LogP contribution in [0.1, 0.15) is 25.8 Å². The molecule has 0 aliphatic heterocycles. The number of hydrogen-bond donors (Lipinski definition) is 1. The molecule has 0 fully saturated rings. The molecule has 0 atom stereocenters. The fraction of sp³-hybridized carbons (Fsp3) is 0.500. The van der Waals surface area contributed by atoms with Crippen molar-refractivity contribution >= 4 is 17.6 Å². The lowest BCUT2D eigenvalue weighted by atomic mass is 10.1. The molecule has 0 aliphatic carbocycles. The number of nitrogens with two attached hydrogens (primary N) is 1. The Bertz CT molecular complexity index is 369. The largest absolute Gasteiger partial charge is 0.370 e. The SMILES string of the molecule is CCN(CC)C(N)=NCCCc1ccc(Cl)cc1. The van der Waals surface area contributed by atoms with Crippen LogP contribution in [-0.4, -0.2) is 30.5 Å².